The number of carbonyl (C=O) groups excluding carboxylic acids is 1. The predicted octanol–water partition coefficient (Wildman–Crippen LogP) is 2.64. The molecule has 0 unspecified atom stereocenters. The Kier molecular flexibility index (Phi) is 5.21. The molecule has 0 aromatic carbocycles. The molecule has 0 bridgehead atoms. The van der Waals surface area contributed by atoms with Crippen LogP contribution in [0, 0.1) is 0 Å². The summed E-state index contributed by atoms with van der Waals surface area (Å²) in [5.41, 5.74) is 0. The molecule has 2 rings (SSSR count). The molecule has 0 fully saturated rings. The van der Waals surface area contributed by atoms with Gasteiger partial charge in [-0.1, -0.05) is 24.3 Å². The number of carbonyl (C=O) groups is 1. The summed E-state index contributed by atoms with van der Waals surface area (Å²) in [6, 6.07) is 0.0936. The van der Waals surface area contributed by atoms with Gasteiger partial charge in [-0.3, -0.25) is 4.79 Å². The Morgan fingerprint density at radius 2 is 1.14 bits per heavy atom. The van der Waals surface area contributed by atoms with Crippen LogP contribution in [-0.2, 0) is 4.79 Å². The highest BCUT2D eigenvalue weighted by molar-refractivity contribution is 5.82. The number of hydrogen-bond donors (Lipinski definition) is 1. The first kappa shape index (κ1) is 14.9. The molecule has 0 aliphatic carbocycles. The molecule has 2 aliphatic heterocycles. The van der Waals surface area contributed by atoms with Gasteiger partial charge in [0.1, 0.15) is 0 Å². The number of nitrogens with zero attached hydrogens (tertiary/aromatic N) is 2. The lowest BCUT2D eigenvalue weighted by atomic mass is 10.3. The van der Waals surface area contributed by atoms with E-state index in [1.54, 1.807) is 0 Å². The fraction of sp³-hybridized carbons (Fsp3) is 0.235. The van der Waals surface area contributed by atoms with Crippen molar-refractivity contribution < 1.29 is 4.79 Å². The highest BCUT2D eigenvalue weighted by Crippen LogP contribution is 2.14. The highest BCUT2D eigenvalue weighted by Gasteiger charge is 2.27. The fourth-order valence-corrected chi connectivity index (χ4v) is 2.06. The Bertz CT molecular complexity index is 468. The second-order valence-corrected chi connectivity index (χ2v) is 5.07. The van der Waals surface area contributed by atoms with E-state index in [9.17, 15) is 4.79 Å². The molecular weight excluding hydrogens is 262 g/mol. The Morgan fingerprint density at radius 3 is 1.48 bits per heavy atom. The molecule has 0 radical (unpaired) electrons. The lowest BCUT2D eigenvalue weighted by molar-refractivity contribution is -0.128. The highest BCUT2D eigenvalue weighted by atomic mass is 16.2. The average molecular weight is 283 g/mol. The number of nitrogens with one attached hydrogen (secondary N) is 1. The van der Waals surface area contributed by atoms with Crippen molar-refractivity contribution in [2.24, 2.45) is 0 Å². The molecule has 1 amide bonds. The molecule has 4 heteroatoms. The number of rotatable bonds is 4. The zero-order valence-corrected chi connectivity index (χ0v) is 12.4. The van der Waals surface area contributed by atoms with E-state index in [1.165, 1.54) is 0 Å². The maximum Gasteiger partial charge on any atom is 0.264 e. The number of amides is 1. The number of hydrogen-bond acceptors (Lipinski definition) is 3. The van der Waals surface area contributed by atoms with Crippen molar-refractivity contribution in [3.63, 3.8) is 0 Å². The van der Waals surface area contributed by atoms with E-state index in [2.05, 4.69) is 5.32 Å². The molecule has 0 spiro atoms. The summed E-state index contributed by atoms with van der Waals surface area (Å²) in [6.07, 6.45) is 22.5. The third kappa shape index (κ3) is 4.24. The average Bonchev–Trinajstić information content (AvgIpc) is 2.83. The molecule has 110 valence electrons. The first-order valence-electron chi connectivity index (χ1n) is 7.07. The van der Waals surface area contributed by atoms with E-state index in [0.29, 0.717) is 0 Å². The van der Waals surface area contributed by atoms with E-state index < -0.39 is 6.17 Å². The lowest BCUT2D eigenvalue weighted by Crippen LogP contribution is -2.51. The van der Waals surface area contributed by atoms with E-state index in [-0.39, 0.29) is 11.9 Å². The summed E-state index contributed by atoms with van der Waals surface area (Å²) in [4.78, 5) is 16.4. The monoisotopic (exact) mass is 283 g/mol. The van der Waals surface area contributed by atoms with Crippen LogP contribution in [0.2, 0.25) is 0 Å². The zero-order chi connectivity index (χ0) is 15.1. The molecule has 0 aromatic heterocycles. The molecule has 0 atom stereocenters. The maximum absolute atomic E-state index is 12.6. The second kappa shape index (κ2) is 7.33. The van der Waals surface area contributed by atoms with Crippen molar-refractivity contribution in [1.29, 1.82) is 0 Å². The Labute approximate surface area is 126 Å². The molecule has 2 heterocycles. The Balaban J connectivity index is 2.27. The van der Waals surface area contributed by atoms with Crippen molar-refractivity contribution in [2.45, 2.75) is 26.1 Å². The molecule has 2 aliphatic rings. The van der Waals surface area contributed by atoms with Crippen LogP contribution >= 0.6 is 0 Å². The van der Waals surface area contributed by atoms with Crippen LogP contribution in [0.1, 0.15) is 13.8 Å². The Morgan fingerprint density at radius 1 is 0.762 bits per heavy atom. The van der Waals surface area contributed by atoms with E-state index >= 15 is 0 Å². The van der Waals surface area contributed by atoms with Crippen LogP contribution in [0.4, 0.5) is 0 Å². The van der Waals surface area contributed by atoms with Crippen LogP contribution in [0.3, 0.4) is 0 Å². The van der Waals surface area contributed by atoms with Gasteiger partial charge in [0.15, 0.2) is 6.17 Å². The summed E-state index contributed by atoms with van der Waals surface area (Å²) in [7, 11) is 0. The maximum atomic E-state index is 12.6. The molecule has 1 N–H and O–H groups in total. The van der Waals surface area contributed by atoms with Gasteiger partial charge in [0.05, 0.1) is 0 Å². The van der Waals surface area contributed by atoms with E-state index in [4.69, 9.17) is 0 Å². The summed E-state index contributed by atoms with van der Waals surface area (Å²) in [6.45, 7) is 3.92. The molecule has 4 nitrogen and oxygen atoms in total. The minimum atomic E-state index is -0.466. The summed E-state index contributed by atoms with van der Waals surface area (Å²) >= 11 is 0. The van der Waals surface area contributed by atoms with Gasteiger partial charge in [-0.25, -0.2) is 0 Å². The minimum Gasteiger partial charge on any atom is -0.350 e. The van der Waals surface area contributed by atoms with Gasteiger partial charge in [-0.2, -0.15) is 0 Å². The van der Waals surface area contributed by atoms with E-state index in [0.717, 1.165) is 0 Å². The quantitative estimate of drug-likeness (QED) is 0.861. The third-order valence-electron chi connectivity index (χ3n) is 2.93. The smallest absolute Gasteiger partial charge is 0.264 e. The summed E-state index contributed by atoms with van der Waals surface area (Å²) in [5.74, 6) is -0.0441. The van der Waals surface area contributed by atoms with Crippen LogP contribution in [0.5, 0.6) is 0 Å². The van der Waals surface area contributed by atoms with Gasteiger partial charge in [0.2, 0.25) is 0 Å². The van der Waals surface area contributed by atoms with Crippen LogP contribution in [0.15, 0.2) is 73.4 Å². The minimum absolute atomic E-state index is 0.0441. The predicted molar refractivity (Wildman–Crippen MR) is 85.6 cm³/mol. The zero-order valence-electron chi connectivity index (χ0n) is 12.4. The van der Waals surface area contributed by atoms with Gasteiger partial charge in [-0.15, -0.1) is 0 Å². The topological polar surface area (TPSA) is 35.6 Å². The SMILES string of the molecule is CC(C)NC(=O)C(N1C=CC=CC=C1)N1C=CC=CC=C1. The van der Waals surface area contributed by atoms with Crippen molar-refractivity contribution in [3.8, 4) is 0 Å². The van der Waals surface area contributed by atoms with Crippen molar-refractivity contribution in [1.82, 2.24) is 15.1 Å². The normalized spacial score (nSPS) is 16.8. The Hall–Kier alpha value is -2.49. The van der Waals surface area contributed by atoms with Crippen molar-refractivity contribution >= 4 is 5.91 Å². The van der Waals surface area contributed by atoms with Gasteiger partial charge in [0, 0.05) is 30.8 Å². The number of allylic oxidation sites excluding steroid dienone is 8. The van der Waals surface area contributed by atoms with Gasteiger partial charge in [0.25, 0.3) is 5.91 Å². The molecule has 0 saturated heterocycles. The molecule has 0 aromatic rings. The van der Waals surface area contributed by atoms with Crippen LogP contribution in [0.25, 0.3) is 0 Å². The summed E-state index contributed by atoms with van der Waals surface area (Å²) in [5, 5.41) is 2.98. The van der Waals surface area contributed by atoms with Crippen molar-refractivity contribution in [2.75, 3.05) is 0 Å². The standard InChI is InChI=1S/C17H21N3O/c1-15(2)18-16(21)17(19-11-7-3-4-8-12-19)20-13-9-5-6-10-14-20/h3-15,17H,1-2H3,(H,18,21). The fourth-order valence-electron chi connectivity index (χ4n) is 2.06. The molecule has 21 heavy (non-hydrogen) atoms. The van der Waals surface area contributed by atoms with Crippen LogP contribution < -0.4 is 5.32 Å². The largest absolute Gasteiger partial charge is 0.350 e. The molecule has 0 saturated carbocycles. The lowest BCUT2D eigenvalue weighted by Gasteiger charge is -2.34. The van der Waals surface area contributed by atoms with E-state index in [1.807, 2.05) is 97.1 Å². The first-order chi connectivity index (χ1) is 10.2. The first-order valence-corrected chi connectivity index (χ1v) is 7.07. The van der Waals surface area contributed by atoms with Gasteiger partial charge >= 0.3 is 0 Å². The van der Waals surface area contributed by atoms with Crippen molar-refractivity contribution in [3.05, 3.63) is 73.4 Å². The van der Waals surface area contributed by atoms with Gasteiger partial charge in [-0.05, 0) is 38.2 Å². The van der Waals surface area contributed by atoms with Gasteiger partial charge < -0.3 is 15.1 Å². The van der Waals surface area contributed by atoms with Crippen LogP contribution in [-0.4, -0.2) is 27.9 Å². The second-order valence-electron chi connectivity index (χ2n) is 5.07. The molecular formula is C17H21N3O. The summed E-state index contributed by atoms with van der Waals surface area (Å²) < 4.78 is 0. The third-order valence-corrected chi connectivity index (χ3v) is 2.93.